The lowest BCUT2D eigenvalue weighted by atomic mass is 10.3. The van der Waals surface area contributed by atoms with Gasteiger partial charge in [0.05, 0.1) is 30.3 Å². The molecule has 1 N–H and O–H groups in total. The Morgan fingerprint density at radius 2 is 2.11 bits per heavy atom. The van der Waals surface area contributed by atoms with Crippen molar-refractivity contribution < 1.29 is 0 Å². The predicted molar refractivity (Wildman–Crippen MR) is 77.7 cm³/mol. The second kappa shape index (κ2) is 5.24. The largest absolute Gasteiger partial charge is 0.376 e. The standard InChI is InChI=1S/C14H14N4S/c1-11-10-19-14(17-11)8-15-12-7-16-18(9-12)13-5-3-2-4-6-13/h2-7,9-10,15H,8H2,1H3. The van der Waals surface area contributed by atoms with Crippen molar-refractivity contribution >= 4 is 17.0 Å². The van der Waals surface area contributed by atoms with Crippen LogP contribution in [0.5, 0.6) is 0 Å². The SMILES string of the molecule is Cc1csc(CNc2cnn(-c3ccccc3)c2)n1. The highest BCUT2D eigenvalue weighted by Crippen LogP contribution is 2.14. The summed E-state index contributed by atoms with van der Waals surface area (Å²) in [6.07, 6.45) is 3.81. The molecule has 0 unspecified atom stereocenters. The van der Waals surface area contributed by atoms with Gasteiger partial charge in [-0.15, -0.1) is 11.3 Å². The van der Waals surface area contributed by atoms with E-state index in [0.717, 1.165) is 28.6 Å². The second-order valence-corrected chi connectivity index (χ2v) is 5.19. The van der Waals surface area contributed by atoms with Gasteiger partial charge in [-0.25, -0.2) is 9.67 Å². The molecule has 3 aromatic rings. The average Bonchev–Trinajstić information content (AvgIpc) is 3.06. The highest BCUT2D eigenvalue weighted by atomic mass is 32.1. The molecule has 0 aliphatic rings. The minimum atomic E-state index is 0.735. The molecule has 4 nitrogen and oxygen atoms in total. The van der Waals surface area contributed by atoms with Crippen LogP contribution in [0.4, 0.5) is 5.69 Å². The lowest BCUT2D eigenvalue weighted by molar-refractivity contribution is 0.880. The molecule has 0 atom stereocenters. The van der Waals surface area contributed by atoms with Gasteiger partial charge in [-0.1, -0.05) is 18.2 Å². The monoisotopic (exact) mass is 270 g/mol. The number of aromatic nitrogens is 3. The first-order valence-corrected chi connectivity index (χ1v) is 6.94. The van der Waals surface area contributed by atoms with Gasteiger partial charge in [0.25, 0.3) is 0 Å². The van der Waals surface area contributed by atoms with Crippen LogP contribution in [0.1, 0.15) is 10.7 Å². The van der Waals surface area contributed by atoms with Crippen molar-refractivity contribution in [3.63, 3.8) is 0 Å². The Morgan fingerprint density at radius 1 is 1.26 bits per heavy atom. The molecule has 2 heterocycles. The molecule has 19 heavy (non-hydrogen) atoms. The van der Waals surface area contributed by atoms with Gasteiger partial charge in [-0.2, -0.15) is 5.10 Å². The Kier molecular flexibility index (Phi) is 3.29. The maximum absolute atomic E-state index is 4.42. The first kappa shape index (κ1) is 11.9. The molecule has 3 rings (SSSR count). The molecule has 0 saturated carbocycles. The molecule has 0 spiro atoms. The third-order valence-electron chi connectivity index (χ3n) is 2.71. The summed E-state index contributed by atoms with van der Waals surface area (Å²) in [7, 11) is 0. The highest BCUT2D eigenvalue weighted by molar-refractivity contribution is 7.09. The number of anilines is 1. The average molecular weight is 270 g/mol. The van der Waals surface area contributed by atoms with Crippen molar-refractivity contribution in [2.24, 2.45) is 0 Å². The van der Waals surface area contributed by atoms with Crippen LogP contribution in [0.3, 0.4) is 0 Å². The Labute approximate surface area is 115 Å². The van der Waals surface area contributed by atoms with E-state index in [1.54, 1.807) is 11.3 Å². The van der Waals surface area contributed by atoms with E-state index in [4.69, 9.17) is 0 Å². The molecule has 1 aromatic carbocycles. The van der Waals surface area contributed by atoms with E-state index in [1.807, 2.05) is 54.3 Å². The van der Waals surface area contributed by atoms with Crippen LogP contribution in [0.2, 0.25) is 0 Å². The molecular formula is C14H14N4S. The summed E-state index contributed by atoms with van der Waals surface area (Å²) < 4.78 is 1.86. The zero-order valence-electron chi connectivity index (χ0n) is 10.6. The van der Waals surface area contributed by atoms with Crippen LogP contribution in [0.25, 0.3) is 5.69 Å². The lowest BCUT2D eigenvalue weighted by Crippen LogP contribution is -1.98. The fraction of sp³-hybridized carbons (Fsp3) is 0.143. The number of rotatable bonds is 4. The summed E-state index contributed by atoms with van der Waals surface area (Å²) in [6, 6.07) is 10.1. The smallest absolute Gasteiger partial charge is 0.112 e. The maximum Gasteiger partial charge on any atom is 0.112 e. The molecule has 0 radical (unpaired) electrons. The number of nitrogens with zero attached hydrogens (tertiary/aromatic N) is 3. The van der Waals surface area contributed by atoms with E-state index in [1.165, 1.54) is 0 Å². The zero-order valence-corrected chi connectivity index (χ0v) is 11.4. The Balaban J connectivity index is 1.68. The van der Waals surface area contributed by atoms with Crippen molar-refractivity contribution in [2.45, 2.75) is 13.5 Å². The van der Waals surface area contributed by atoms with Gasteiger partial charge in [0, 0.05) is 11.1 Å². The summed E-state index contributed by atoms with van der Waals surface area (Å²) in [5, 5.41) is 10.8. The first-order valence-electron chi connectivity index (χ1n) is 6.06. The van der Waals surface area contributed by atoms with Crippen LogP contribution < -0.4 is 5.32 Å². The normalized spacial score (nSPS) is 10.6. The van der Waals surface area contributed by atoms with Crippen molar-refractivity contribution in [2.75, 3.05) is 5.32 Å². The Bertz CT molecular complexity index is 657. The molecule has 0 amide bonds. The first-order chi connectivity index (χ1) is 9.31. The van der Waals surface area contributed by atoms with E-state index >= 15 is 0 Å². The minimum Gasteiger partial charge on any atom is -0.376 e. The fourth-order valence-corrected chi connectivity index (χ4v) is 2.51. The van der Waals surface area contributed by atoms with Crippen LogP contribution in [-0.4, -0.2) is 14.8 Å². The van der Waals surface area contributed by atoms with E-state index in [0.29, 0.717) is 0 Å². The van der Waals surface area contributed by atoms with Crippen molar-refractivity contribution in [1.29, 1.82) is 0 Å². The van der Waals surface area contributed by atoms with E-state index in [2.05, 4.69) is 20.8 Å². The number of para-hydroxylation sites is 1. The summed E-state index contributed by atoms with van der Waals surface area (Å²) in [4.78, 5) is 4.42. The van der Waals surface area contributed by atoms with Gasteiger partial charge in [0.1, 0.15) is 5.01 Å². The number of hydrogen-bond acceptors (Lipinski definition) is 4. The molecular weight excluding hydrogens is 256 g/mol. The molecule has 0 aliphatic carbocycles. The van der Waals surface area contributed by atoms with Crippen LogP contribution in [0, 0.1) is 6.92 Å². The molecule has 2 aromatic heterocycles. The number of benzene rings is 1. The van der Waals surface area contributed by atoms with Gasteiger partial charge < -0.3 is 5.32 Å². The summed E-state index contributed by atoms with van der Waals surface area (Å²) >= 11 is 1.67. The predicted octanol–water partition coefficient (Wildman–Crippen LogP) is 3.25. The van der Waals surface area contributed by atoms with Gasteiger partial charge in [-0.05, 0) is 19.1 Å². The van der Waals surface area contributed by atoms with Crippen molar-refractivity contribution in [3.8, 4) is 5.69 Å². The highest BCUT2D eigenvalue weighted by Gasteiger charge is 2.02. The Hall–Kier alpha value is -2.14. The minimum absolute atomic E-state index is 0.735. The van der Waals surface area contributed by atoms with Crippen LogP contribution >= 0.6 is 11.3 Å². The van der Waals surface area contributed by atoms with Gasteiger partial charge in [0.2, 0.25) is 0 Å². The van der Waals surface area contributed by atoms with E-state index in [9.17, 15) is 0 Å². The number of nitrogens with one attached hydrogen (secondary N) is 1. The number of hydrogen-bond donors (Lipinski definition) is 1. The van der Waals surface area contributed by atoms with Gasteiger partial charge in [0.15, 0.2) is 0 Å². The topological polar surface area (TPSA) is 42.7 Å². The van der Waals surface area contributed by atoms with E-state index < -0.39 is 0 Å². The Morgan fingerprint density at radius 3 is 2.84 bits per heavy atom. The van der Waals surface area contributed by atoms with Crippen LogP contribution in [-0.2, 0) is 6.54 Å². The molecule has 5 heteroatoms. The quantitative estimate of drug-likeness (QED) is 0.791. The van der Waals surface area contributed by atoms with Crippen molar-refractivity contribution in [1.82, 2.24) is 14.8 Å². The second-order valence-electron chi connectivity index (χ2n) is 4.25. The van der Waals surface area contributed by atoms with Crippen molar-refractivity contribution in [3.05, 3.63) is 58.8 Å². The molecule has 0 saturated heterocycles. The maximum atomic E-state index is 4.42. The number of thiazole rings is 1. The fourth-order valence-electron chi connectivity index (χ4n) is 1.80. The summed E-state index contributed by atoms with van der Waals surface area (Å²) in [6.45, 7) is 2.74. The molecule has 0 fully saturated rings. The third kappa shape index (κ3) is 2.82. The molecule has 0 bridgehead atoms. The van der Waals surface area contributed by atoms with Gasteiger partial charge >= 0.3 is 0 Å². The lowest BCUT2D eigenvalue weighted by Gasteiger charge is -2.00. The molecule has 0 aliphatic heterocycles. The van der Waals surface area contributed by atoms with Crippen LogP contribution in [0.15, 0.2) is 48.1 Å². The molecule has 96 valence electrons. The zero-order chi connectivity index (χ0) is 13.1. The number of aryl methyl sites for hydroxylation is 1. The third-order valence-corrected chi connectivity index (χ3v) is 3.68. The summed E-state index contributed by atoms with van der Waals surface area (Å²) in [5.41, 5.74) is 3.12. The summed E-state index contributed by atoms with van der Waals surface area (Å²) in [5.74, 6) is 0. The van der Waals surface area contributed by atoms with Gasteiger partial charge in [-0.3, -0.25) is 0 Å². The van der Waals surface area contributed by atoms with E-state index in [-0.39, 0.29) is 0 Å².